The molecule has 2 amide bonds. The highest BCUT2D eigenvalue weighted by atomic mass is 19.1. The Morgan fingerprint density at radius 3 is 2.65 bits per heavy atom. The molecule has 0 aromatic heterocycles. The fraction of sp³-hybridized carbons (Fsp3) is 0.231. The number of halogens is 1. The van der Waals surface area contributed by atoms with Crippen molar-refractivity contribution in [1.29, 1.82) is 0 Å². The number of rotatable bonds is 8. The zero-order valence-electron chi connectivity index (χ0n) is 19.0. The Labute approximate surface area is 197 Å². The van der Waals surface area contributed by atoms with Crippen molar-refractivity contribution in [3.05, 3.63) is 89.7 Å². The molecule has 0 radical (unpaired) electrons. The van der Waals surface area contributed by atoms with E-state index in [0.29, 0.717) is 36.7 Å². The lowest BCUT2D eigenvalue weighted by Crippen LogP contribution is -2.40. The highest BCUT2D eigenvalue weighted by Crippen LogP contribution is 2.25. The minimum atomic E-state index is -0.339. The monoisotopic (exact) mass is 463 g/mol. The Bertz CT molecular complexity index is 1170. The Balaban J connectivity index is 1.50. The van der Waals surface area contributed by atoms with Crippen LogP contribution in [0.3, 0.4) is 0 Å². The van der Waals surface area contributed by atoms with E-state index in [4.69, 9.17) is 14.3 Å². The molecule has 1 aliphatic rings. The summed E-state index contributed by atoms with van der Waals surface area (Å²) in [4.78, 5) is 20.6. The molecule has 4 rings (SSSR count). The largest absolute Gasteiger partial charge is 0.497 e. The lowest BCUT2D eigenvalue weighted by Gasteiger charge is -2.26. The quantitative estimate of drug-likeness (QED) is 0.506. The molecule has 1 N–H and O–H groups in total. The van der Waals surface area contributed by atoms with Crippen LogP contribution in [0.15, 0.2) is 78.0 Å². The molecular weight excluding hydrogens is 437 g/mol. The van der Waals surface area contributed by atoms with Gasteiger partial charge in [-0.1, -0.05) is 41.6 Å². The molecule has 1 atom stereocenters. The van der Waals surface area contributed by atoms with Crippen LogP contribution >= 0.6 is 0 Å². The number of benzene rings is 3. The van der Waals surface area contributed by atoms with Crippen LogP contribution in [0.4, 0.5) is 14.9 Å². The second kappa shape index (κ2) is 10.7. The van der Waals surface area contributed by atoms with E-state index in [1.165, 1.54) is 12.1 Å². The second-order valence-corrected chi connectivity index (χ2v) is 7.84. The Morgan fingerprint density at radius 1 is 1.09 bits per heavy atom. The predicted octanol–water partition coefficient (Wildman–Crippen LogP) is 5.07. The number of anilines is 1. The Hall–Kier alpha value is -4.07. The van der Waals surface area contributed by atoms with E-state index in [9.17, 15) is 9.18 Å². The second-order valence-electron chi connectivity index (χ2n) is 7.84. The highest BCUT2D eigenvalue weighted by molar-refractivity contribution is 6.01. The number of methoxy groups -OCH3 is 2. The van der Waals surface area contributed by atoms with E-state index in [0.717, 1.165) is 16.8 Å². The van der Waals surface area contributed by atoms with Crippen molar-refractivity contribution >= 4 is 17.4 Å². The normalized spacial score (nSPS) is 14.7. The van der Waals surface area contributed by atoms with Crippen LogP contribution in [-0.2, 0) is 11.4 Å². The molecule has 0 aliphatic carbocycles. The molecule has 176 valence electrons. The summed E-state index contributed by atoms with van der Waals surface area (Å²) in [6, 6.07) is 20.6. The van der Waals surface area contributed by atoms with Crippen molar-refractivity contribution in [3.8, 4) is 11.5 Å². The van der Waals surface area contributed by atoms with Gasteiger partial charge in [-0.25, -0.2) is 9.18 Å². The molecule has 1 aliphatic heterocycles. The fourth-order valence-corrected chi connectivity index (χ4v) is 3.74. The summed E-state index contributed by atoms with van der Waals surface area (Å²) < 4.78 is 23.9. The molecule has 3 aromatic rings. The Kier molecular flexibility index (Phi) is 7.27. The van der Waals surface area contributed by atoms with Crippen molar-refractivity contribution < 1.29 is 23.5 Å². The number of carbonyl (C=O) groups excluding carboxylic acids is 1. The first kappa shape index (κ1) is 23.1. The van der Waals surface area contributed by atoms with Gasteiger partial charge in [0.25, 0.3) is 0 Å². The smallest absolute Gasteiger partial charge is 0.322 e. The minimum absolute atomic E-state index is 0.298. The molecule has 0 fully saturated rings. The van der Waals surface area contributed by atoms with Crippen molar-refractivity contribution in [3.63, 3.8) is 0 Å². The molecule has 0 bridgehead atoms. The predicted molar refractivity (Wildman–Crippen MR) is 128 cm³/mol. The minimum Gasteiger partial charge on any atom is -0.497 e. The first-order valence-corrected chi connectivity index (χ1v) is 10.9. The van der Waals surface area contributed by atoms with E-state index in [-0.39, 0.29) is 18.0 Å². The van der Waals surface area contributed by atoms with E-state index in [1.54, 1.807) is 43.4 Å². The number of hydrogen-bond acceptors (Lipinski definition) is 5. The first-order valence-electron chi connectivity index (χ1n) is 10.9. The molecule has 0 unspecified atom stereocenters. The first-order chi connectivity index (χ1) is 16.6. The zero-order chi connectivity index (χ0) is 23.9. The van der Waals surface area contributed by atoms with E-state index in [1.807, 2.05) is 36.4 Å². The molecular formula is C26H26FN3O4. The van der Waals surface area contributed by atoms with Crippen LogP contribution in [0, 0.1) is 5.82 Å². The summed E-state index contributed by atoms with van der Waals surface area (Å²) in [6.07, 6.45) is 0.163. The number of urea groups is 1. The zero-order valence-corrected chi connectivity index (χ0v) is 19.0. The highest BCUT2D eigenvalue weighted by Gasteiger charge is 2.27. The van der Waals surface area contributed by atoms with Gasteiger partial charge in [0.2, 0.25) is 0 Å². The van der Waals surface area contributed by atoms with Crippen LogP contribution in [0.5, 0.6) is 11.5 Å². The fourth-order valence-electron chi connectivity index (χ4n) is 3.74. The van der Waals surface area contributed by atoms with Gasteiger partial charge in [-0.15, -0.1) is 0 Å². The number of para-hydroxylation sites is 2. The topological polar surface area (TPSA) is 72.4 Å². The van der Waals surface area contributed by atoms with Gasteiger partial charge < -0.3 is 24.5 Å². The number of amides is 2. The van der Waals surface area contributed by atoms with Crippen LogP contribution in [0.25, 0.3) is 0 Å². The third kappa shape index (κ3) is 5.64. The van der Waals surface area contributed by atoms with Gasteiger partial charge in [-0.3, -0.25) is 0 Å². The van der Waals surface area contributed by atoms with E-state index >= 15 is 0 Å². The van der Waals surface area contributed by atoms with Crippen molar-refractivity contribution in [2.24, 2.45) is 5.16 Å². The third-order valence-corrected chi connectivity index (χ3v) is 5.48. The summed E-state index contributed by atoms with van der Waals surface area (Å²) in [6.45, 7) is 0.635. The van der Waals surface area contributed by atoms with Crippen LogP contribution in [0.1, 0.15) is 17.5 Å². The molecule has 0 spiro atoms. The van der Waals surface area contributed by atoms with Gasteiger partial charge in [0.1, 0.15) is 17.3 Å². The molecule has 1 heterocycles. The Morgan fingerprint density at radius 2 is 1.88 bits per heavy atom. The molecule has 0 saturated heterocycles. The number of hydrogen-bond donors (Lipinski definition) is 1. The molecule has 34 heavy (non-hydrogen) atoms. The lowest BCUT2D eigenvalue weighted by molar-refractivity contribution is 0.0608. The van der Waals surface area contributed by atoms with Crippen molar-refractivity contribution in [1.82, 2.24) is 4.90 Å². The number of carbonyl (C=O) groups is 1. The summed E-state index contributed by atoms with van der Waals surface area (Å²) in [5.74, 6) is 0.968. The summed E-state index contributed by atoms with van der Waals surface area (Å²) in [5.41, 5.74) is 2.99. The molecule has 7 nitrogen and oxygen atoms in total. The average Bonchev–Trinajstić information content (AvgIpc) is 3.33. The summed E-state index contributed by atoms with van der Waals surface area (Å²) in [5, 5.41) is 7.10. The van der Waals surface area contributed by atoms with Crippen LogP contribution in [0.2, 0.25) is 0 Å². The number of nitrogens with zero attached hydrogens (tertiary/aromatic N) is 2. The average molecular weight is 464 g/mol. The lowest BCUT2D eigenvalue weighted by atomic mass is 10.0. The number of ether oxygens (including phenoxy) is 2. The standard InChI is InChI=1S/C26H26FN3O4/c1-32-21-7-5-6-18(14-21)16-30(26(31)28-23-8-3-4-9-25(23)33-2)17-22-15-24(29-34-22)19-10-12-20(27)13-11-19/h3-14,22H,15-17H2,1-2H3,(H,28,31)/t22-/m1/s1. The maximum absolute atomic E-state index is 13.3. The van der Waals surface area contributed by atoms with Gasteiger partial charge in [0.15, 0.2) is 6.10 Å². The van der Waals surface area contributed by atoms with Gasteiger partial charge in [0.05, 0.1) is 32.2 Å². The van der Waals surface area contributed by atoms with Crippen LogP contribution in [-0.4, -0.2) is 43.5 Å². The summed E-state index contributed by atoms with van der Waals surface area (Å²) in [7, 11) is 3.16. The molecule has 8 heteroatoms. The van der Waals surface area contributed by atoms with E-state index in [2.05, 4.69) is 10.5 Å². The summed E-state index contributed by atoms with van der Waals surface area (Å²) >= 11 is 0. The SMILES string of the molecule is COc1cccc(CN(C[C@H]2CC(c3ccc(F)cc3)=NO2)C(=O)Nc2ccccc2OC)c1. The molecule has 3 aromatic carbocycles. The molecule has 0 saturated carbocycles. The van der Waals surface area contributed by atoms with Crippen molar-refractivity contribution in [2.45, 2.75) is 19.1 Å². The van der Waals surface area contributed by atoms with Gasteiger partial charge in [-0.2, -0.15) is 0 Å². The van der Waals surface area contributed by atoms with Crippen LogP contribution < -0.4 is 14.8 Å². The van der Waals surface area contributed by atoms with Gasteiger partial charge in [0, 0.05) is 13.0 Å². The van der Waals surface area contributed by atoms with Crippen molar-refractivity contribution in [2.75, 3.05) is 26.1 Å². The third-order valence-electron chi connectivity index (χ3n) is 5.48. The van der Waals surface area contributed by atoms with Gasteiger partial charge >= 0.3 is 6.03 Å². The maximum atomic E-state index is 13.3. The maximum Gasteiger partial charge on any atom is 0.322 e. The van der Waals surface area contributed by atoms with E-state index < -0.39 is 0 Å². The number of oxime groups is 1. The van der Waals surface area contributed by atoms with Gasteiger partial charge in [-0.05, 0) is 47.5 Å². The number of nitrogens with one attached hydrogen (secondary N) is 1.